The van der Waals surface area contributed by atoms with Gasteiger partial charge in [0.2, 0.25) is 0 Å². The maximum atomic E-state index is 2.39. The normalized spacial score (nSPS) is 25.2. The Kier molecular flexibility index (Phi) is 4.22. The SMILES string of the molecule is CCc1ccc(C2CCC(N(C)C)CC2)cc1. The topological polar surface area (TPSA) is 3.24 Å². The Balaban J connectivity index is 1.95. The van der Waals surface area contributed by atoms with Crippen LogP contribution in [-0.4, -0.2) is 25.0 Å². The zero-order valence-corrected chi connectivity index (χ0v) is 11.4. The van der Waals surface area contributed by atoms with Crippen molar-refractivity contribution in [3.8, 4) is 0 Å². The Bertz CT molecular complexity index is 331. The fourth-order valence-corrected chi connectivity index (χ4v) is 2.95. The molecule has 1 fully saturated rings. The Morgan fingerprint density at radius 2 is 1.59 bits per heavy atom. The average molecular weight is 231 g/mol. The van der Waals surface area contributed by atoms with Crippen LogP contribution in [-0.2, 0) is 6.42 Å². The second-order valence-corrected chi connectivity index (χ2v) is 5.56. The number of hydrogen-bond donors (Lipinski definition) is 0. The van der Waals surface area contributed by atoms with Crippen LogP contribution in [0.4, 0.5) is 0 Å². The van der Waals surface area contributed by atoms with Crippen molar-refractivity contribution in [3.05, 3.63) is 35.4 Å². The van der Waals surface area contributed by atoms with Crippen molar-refractivity contribution in [2.24, 2.45) is 0 Å². The van der Waals surface area contributed by atoms with Gasteiger partial charge in [-0.2, -0.15) is 0 Å². The molecule has 0 radical (unpaired) electrons. The quantitative estimate of drug-likeness (QED) is 0.764. The molecule has 0 spiro atoms. The Labute approximate surface area is 106 Å². The van der Waals surface area contributed by atoms with Crippen LogP contribution in [0, 0.1) is 0 Å². The third-order valence-corrected chi connectivity index (χ3v) is 4.29. The molecule has 0 aromatic heterocycles. The maximum Gasteiger partial charge on any atom is 0.00896 e. The van der Waals surface area contributed by atoms with E-state index in [1.165, 1.54) is 31.2 Å². The molecule has 94 valence electrons. The zero-order valence-electron chi connectivity index (χ0n) is 11.4. The van der Waals surface area contributed by atoms with Gasteiger partial charge in [0.05, 0.1) is 0 Å². The molecule has 1 saturated carbocycles. The number of nitrogens with zero attached hydrogens (tertiary/aromatic N) is 1. The van der Waals surface area contributed by atoms with Crippen LogP contribution < -0.4 is 0 Å². The van der Waals surface area contributed by atoms with Gasteiger partial charge >= 0.3 is 0 Å². The van der Waals surface area contributed by atoms with Crippen LogP contribution in [0.15, 0.2) is 24.3 Å². The van der Waals surface area contributed by atoms with Crippen molar-refractivity contribution < 1.29 is 0 Å². The first-order valence-electron chi connectivity index (χ1n) is 6.96. The van der Waals surface area contributed by atoms with Gasteiger partial charge in [0.25, 0.3) is 0 Å². The van der Waals surface area contributed by atoms with Crippen LogP contribution >= 0.6 is 0 Å². The molecular formula is C16H25N. The third-order valence-electron chi connectivity index (χ3n) is 4.29. The van der Waals surface area contributed by atoms with Crippen molar-refractivity contribution >= 4 is 0 Å². The second kappa shape index (κ2) is 5.68. The summed E-state index contributed by atoms with van der Waals surface area (Å²) in [5.74, 6) is 0.803. The Hall–Kier alpha value is -0.820. The second-order valence-electron chi connectivity index (χ2n) is 5.56. The molecule has 2 rings (SSSR count). The highest BCUT2D eigenvalue weighted by Gasteiger charge is 2.23. The molecule has 1 aromatic carbocycles. The van der Waals surface area contributed by atoms with E-state index in [1.807, 2.05) is 0 Å². The lowest BCUT2D eigenvalue weighted by molar-refractivity contribution is 0.216. The fraction of sp³-hybridized carbons (Fsp3) is 0.625. The smallest absolute Gasteiger partial charge is 0.00896 e. The van der Waals surface area contributed by atoms with E-state index in [0.29, 0.717) is 0 Å². The highest BCUT2D eigenvalue weighted by molar-refractivity contribution is 5.25. The molecule has 1 aliphatic rings. The minimum atomic E-state index is 0.803. The van der Waals surface area contributed by atoms with Gasteiger partial charge in [0, 0.05) is 6.04 Å². The van der Waals surface area contributed by atoms with Crippen molar-refractivity contribution in [1.29, 1.82) is 0 Å². The molecule has 1 nitrogen and oxygen atoms in total. The first-order chi connectivity index (χ1) is 8.20. The highest BCUT2D eigenvalue weighted by Crippen LogP contribution is 2.34. The van der Waals surface area contributed by atoms with Gasteiger partial charge in [0.1, 0.15) is 0 Å². The van der Waals surface area contributed by atoms with E-state index in [-0.39, 0.29) is 0 Å². The summed E-state index contributed by atoms with van der Waals surface area (Å²) in [4.78, 5) is 2.39. The van der Waals surface area contributed by atoms with Gasteiger partial charge < -0.3 is 4.90 Å². The molecule has 0 amide bonds. The predicted octanol–water partition coefficient (Wildman–Crippen LogP) is 3.84. The van der Waals surface area contributed by atoms with E-state index >= 15 is 0 Å². The molecule has 0 aliphatic heterocycles. The van der Waals surface area contributed by atoms with E-state index in [1.54, 1.807) is 5.56 Å². The molecule has 1 aliphatic carbocycles. The highest BCUT2D eigenvalue weighted by atomic mass is 15.1. The molecule has 0 bridgehead atoms. The van der Waals surface area contributed by atoms with Gasteiger partial charge in [-0.25, -0.2) is 0 Å². The van der Waals surface area contributed by atoms with E-state index in [0.717, 1.165) is 18.4 Å². The molecule has 0 atom stereocenters. The summed E-state index contributed by atoms with van der Waals surface area (Å²) < 4.78 is 0. The standard InChI is InChI=1S/C16H25N/c1-4-13-5-7-14(8-6-13)15-9-11-16(12-10-15)17(2)3/h5-8,15-16H,4,9-12H2,1-3H3. The molecular weight excluding hydrogens is 206 g/mol. The van der Waals surface area contributed by atoms with Gasteiger partial charge in [-0.1, -0.05) is 31.2 Å². The van der Waals surface area contributed by atoms with E-state index in [2.05, 4.69) is 50.2 Å². The minimum Gasteiger partial charge on any atom is -0.306 e. The van der Waals surface area contributed by atoms with Crippen LogP contribution in [0.3, 0.4) is 0 Å². The van der Waals surface area contributed by atoms with Gasteiger partial charge in [-0.3, -0.25) is 0 Å². The molecule has 1 heteroatoms. The Morgan fingerprint density at radius 3 is 2.06 bits per heavy atom. The van der Waals surface area contributed by atoms with Gasteiger partial charge in [-0.15, -0.1) is 0 Å². The summed E-state index contributed by atoms with van der Waals surface area (Å²) in [6.45, 7) is 2.22. The van der Waals surface area contributed by atoms with Crippen LogP contribution in [0.2, 0.25) is 0 Å². The van der Waals surface area contributed by atoms with Crippen LogP contribution in [0.25, 0.3) is 0 Å². The van der Waals surface area contributed by atoms with Crippen molar-refractivity contribution in [3.63, 3.8) is 0 Å². The lowest BCUT2D eigenvalue weighted by Crippen LogP contribution is -2.31. The van der Waals surface area contributed by atoms with Crippen molar-refractivity contribution in [2.45, 2.75) is 51.0 Å². The molecule has 1 aromatic rings. The molecule has 0 heterocycles. The van der Waals surface area contributed by atoms with Gasteiger partial charge in [-0.05, 0) is 63.2 Å². The number of aryl methyl sites for hydroxylation is 1. The summed E-state index contributed by atoms with van der Waals surface area (Å²) in [5, 5.41) is 0. The monoisotopic (exact) mass is 231 g/mol. The molecule has 0 N–H and O–H groups in total. The first kappa shape index (κ1) is 12.6. The zero-order chi connectivity index (χ0) is 12.3. The fourth-order valence-electron chi connectivity index (χ4n) is 2.95. The van der Waals surface area contributed by atoms with E-state index in [9.17, 15) is 0 Å². The van der Waals surface area contributed by atoms with Crippen molar-refractivity contribution in [1.82, 2.24) is 4.90 Å². The van der Waals surface area contributed by atoms with Gasteiger partial charge in [0.15, 0.2) is 0 Å². The van der Waals surface area contributed by atoms with Crippen LogP contribution in [0.1, 0.15) is 49.7 Å². The van der Waals surface area contributed by atoms with Crippen LogP contribution in [0.5, 0.6) is 0 Å². The third kappa shape index (κ3) is 3.10. The summed E-state index contributed by atoms with van der Waals surface area (Å²) in [6, 6.07) is 10.1. The van der Waals surface area contributed by atoms with E-state index < -0.39 is 0 Å². The number of benzene rings is 1. The van der Waals surface area contributed by atoms with Crippen molar-refractivity contribution in [2.75, 3.05) is 14.1 Å². The first-order valence-corrected chi connectivity index (χ1v) is 6.96. The largest absolute Gasteiger partial charge is 0.306 e. The number of hydrogen-bond acceptors (Lipinski definition) is 1. The average Bonchev–Trinajstić information content (AvgIpc) is 2.39. The summed E-state index contributed by atoms with van der Waals surface area (Å²) >= 11 is 0. The predicted molar refractivity (Wildman–Crippen MR) is 74.5 cm³/mol. The Morgan fingerprint density at radius 1 is 1.00 bits per heavy atom. The lowest BCUT2D eigenvalue weighted by Gasteiger charge is -2.32. The van der Waals surface area contributed by atoms with E-state index in [4.69, 9.17) is 0 Å². The summed E-state index contributed by atoms with van der Waals surface area (Å²) in [5.41, 5.74) is 3.01. The molecule has 0 saturated heterocycles. The number of rotatable bonds is 3. The summed E-state index contributed by atoms with van der Waals surface area (Å²) in [7, 11) is 4.42. The minimum absolute atomic E-state index is 0.803. The lowest BCUT2D eigenvalue weighted by atomic mass is 9.81. The summed E-state index contributed by atoms with van der Waals surface area (Å²) in [6.07, 6.45) is 6.57. The maximum absolute atomic E-state index is 2.39. The molecule has 17 heavy (non-hydrogen) atoms. The molecule has 0 unspecified atom stereocenters.